The van der Waals surface area contributed by atoms with E-state index in [1.54, 1.807) is 0 Å². The number of benzene rings is 3. The van der Waals surface area contributed by atoms with E-state index in [9.17, 15) is 9.18 Å². The molecule has 0 radical (unpaired) electrons. The van der Waals surface area contributed by atoms with Gasteiger partial charge in [0.25, 0.3) is 0 Å². The van der Waals surface area contributed by atoms with E-state index in [2.05, 4.69) is 0 Å². The zero-order valence-corrected chi connectivity index (χ0v) is 17.0. The van der Waals surface area contributed by atoms with Crippen molar-refractivity contribution in [2.45, 2.75) is 18.9 Å². The quantitative estimate of drug-likeness (QED) is 0.616. The number of primary amides is 1. The van der Waals surface area contributed by atoms with Gasteiger partial charge in [-0.15, -0.1) is 0 Å². The molecule has 1 atom stereocenters. The van der Waals surface area contributed by atoms with Crippen LogP contribution in [0, 0.1) is 11.6 Å². The molecule has 0 aromatic heterocycles. The van der Waals surface area contributed by atoms with Gasteiger partial charge in [-0.2, -0.15) is 0 Å². The van der Waals surface area contributed by atoms with Crippen molar-refractivity contribution in [1.29, 1.82) is 0 Å². The number of halogens is 3. The summed E-state index contributed by atoms with van der Waals surface area (Å²) in [5.74, 6) is -2.40. The Hall–Kier alpha value is -3.12. The highest BCUT2D eigenvalue weighted by molar-refractivity contribution is 6.34. The van der Waals surface area contributed by atoms with Gasteiger partial charge in [0.2, 0.25) is 5.91 Å². The first-order chi connectivity index (χ1) is 14.3. The Morgan fingerprint density at radius 3 is 2.50 bits per heavy atom. The maximum Gasteiger partial charge on any atom is 0.249 e. The van der Waals surface area contributed by atoms with Crippen molar-refractivity contribution in [3.63, 3.8) is 0 Å². The fraction of sp³-hybridized carbons (Fsp3) is 0.174. The van der Waals surface area contributed by atoms with Crippen LogP contribution in [0.4, 0.5) is 8.78 Å². The molecule has 1 heterocycles. The smallest absolute Gasteiger partial charge is 0.249 e. The molecule has 3 aromatic carbocycles. The Kier molecular flexibility index (Phi) is 4.90. The van der Waals surface area contributed by atoms with Crippen molar-refractivity contribution in [2.24, 2.45) is 5.73 Å². The number of carbonyl (C=O) groups excluding carboxylic acids is 1. The minimum Gasteiger partial charge on any atom is -0.494 e. The molecule has 0 bridgehead atoms. The second-order valence-electron chi connectivity index (χ2n) is 7.27. The molecule has 0 saturated carbocycles. The molecular formula is C23H18ClF2NO3. The van der Waals surface area contributed by atoms with E-state index >= 15 is 4.39 Å². The summed E-state index contributed by atoms with van der Waals surface area (Å²) in [6.45, 7) is 1.86. The van der Waals surface area contributed by atoms with Crippen molar-refractivity contribution in [3.8, 4) is 22.6 Å². The lowest BCUT2D eigenvalue weighted by Gasteiger charge is -2.24. The van der Waals surface area contributed by atoms with Crippen LogP contribution in [0.1, 0.15) is 28.4 Å². The summed E-state index contributed by atoms with van der Waals surface area (Å²) in [6.07, 6.45) is 0.288. The van der Waals surface area contributed by atoms with Crippen LogP contribution in [-0.2, 0) is 12.0 Å². The third kappa shape index (κ3) is 3.08. The molecule has 7 heteroatoms. The molecule has 4 nitrogen and oxygen atoms in total. The molecular weight excluding hydrogens is 412 g/mol. The van der Waals surface area contributed by atoms with Gasteiger partial charge in [0.1, 0.15) is 17.2 Å². The molecule has 4 rings (SSSR count). The molecule has 1 amide bonds. The van der Waals surface area contributed by atoms with Crippen LogP contribution in [0.2, 0.25) is 5.02 Å². The van der Waals surface area contributed by atoms with Crippen LogP contribution >= 0.6 is 11.6 Å². The maximum atomic E-state index is 15.3. The van der Waals surface area contributed by atoms with E-state index in [0.29, 0.717) is 5.56 Å². The minimum absolute atomic E-state index is 0.0384. The Bertz CT molecular complexity index is 1170. The number of nitrogens with two attached hydrogens (primary N) is 1. The number of fused-ring (bicyclic) bond motifs is 1. The molecule has 0 fully saturated rings. The van der Waals surface area contributed by atoms with E-state index in [1.165, 1.54) is 25.3 Å². The minimum atomic E-state index is -0.870. The molecule has 30 heavy (non-hydrogen) atoms. The molecule has 0 spiro atoms. The van der Waals surface area contributed by atoms with Gasteiger partial charge in [0, 0.05) is 29.2 Å². The Labute approximate surface area is 177 Å². The van der Waals surface area contributed by atoms with Crippen LogP contribution in [0.5, 0.6) is 11.5 Å². The summed E-state index contributed by atoms with van der Waals surface area (Å²) in [4.78, 5) is 12.0. The fourth-order valence-corrected chi connectivity index (χ4v) is 4.16. The van der Waals surface area contributed by atoms with Crippen LogP contribution in [0.3, 0.4) is 0 Å². The molecule has 0 unspecified atom stereocenters. The molecule has 154 valence electrons. The second kappa shape index (κ2) is 7.29. The zero-order valence-electron chi connectivity index (χ0n) is 16.3. The second-order valence-corrected chi connectivity index (χ2v) is 7.65. The lowest BCUT2D eigenvalue weighted by Crippen LogP contribution is -2.26. The normalized spacial score (nSPS) is 17.4. The van der Waals surface area contributed by atoms with E-state index in [0.717, 1.165) is 5.56 Å². The predicted molar refractivity (Wildman–Crippen MR) is 110 cm³/mol. The van der Waals surface area contributed by atoms with Crippen molar-refractivity contribution in [2.75, 3.05) is 7.11 Å². The first-order valence-electron chi connectivity index (χ1n) is 9.19. The summed E-state index contributed by atoms with van der Waals surface area (Å²) in [7, 11) is 1.29. The first-order valence-corrected chi connectivity index (χ1v) is 9.56. The van der Waals surface area contributed by atoms with Crippen LogP contribution < -0.4 is 15.2 Å². The summed E-state index contributed by atoms with van der Waals surface area (Å²) in [5, 5.41) is -0.315. The summed E-state index contributed by atoms with van der Waals surface area (Å²) < 4.78 is 41.2. The molecule has 3 aromatic rings. The van der Waals surface area contributed by atoms with Gasteiger partial charge in [-0.3, -0.25) is 4.79 Å². The van der Waals surface area contributed by atoms with Gasteiger partial charge >= 0.3 is 0 Å². The van der Waals surface area contributed by atoms with Crippen molar-refractivity contribution in [3.05, 3.63) is 81.9 Å². The van der Waals surface area contributed by atoms with Gasteiger partial charge in [-0.25, -0.2) is 8.78 Å². The van der Waals surface area contributed by atoms with Crippen LogP contribution in [0.25, 0.3) is 11.1 Å². The highest BCUT2D eigenvalue weighted by Crippen LogP contribution is 2.50. The van der Waals surface area contributed by atoms with E-state index in [4.69, 9.17) is 26.8 Å². The van der Waals surface area contributed by atoms with E-state index in [-0.39, 0.29) is 39.6 Å². The number of hydrogen-bond acceptors (Lipinski definition) is 3. The van der Waals surface area contributed by atoms with E-state index < -0.39 is 23.1 Å². The highest BCUT2D eigenvalue weighted by Gasteiger charge is 2.40. The van der Waals surface area contributed by atoms with Gasteiger partial charge in [0.15, 0.2) is 11.6 Å². The number of ether oxygens (including phenoxy) is 2. The lowest BCUT2D eigenvalue weighted by atomic mass is 9.86. The first kappa shape index (κ1) is 20.2. The van der Waals surface area contributed by atoms with Crippen molar-refractivity contribution in [1.82, 2.24) is 0 Å². The van der Waals surface area contributed by atoms with Crippen LogP contribution in [0.15, 0.2) is 48.5 Å². The number of amides is 1. The topological polar surface area (TPSA) is 61.5 Å². The molecule has 0 saturated heterocycles. The Balaban J connectivity index is 2.00. The third-order valence-electron chi connectivity index (χ3n) is 5.36. The van der Waals surface area contributed by atoms with Crippen LogP contribution in [-0.4, -0.2) is 13.0 Å². The Morgan fingerprint density at radius 1 is 1.17 bits per heavy atom. The summed E-state index contributed by atoms with van der Waals surface area (Å²) >= 11 is 6.30. The number of rotatable bonds is 4. The molecule has 2 N–H and O–H groups in total. The third-order valence-corrected chi connectivity index (χ3v) is 5.73. The molecule has 1 aliphatic rings. The monoisotopic (exact) mass is 429 g/mol. The van der Waals surface area contributed by atoms with Gasteiger partial charge < -0.3 is 15.2 Å². The SMILES string of the molecule is COc1ccc(C(N)=O)c(-c2c(Cl)c(F)cc3c2C[C@@](C)(c2ccccc2)O3)c1F. The average molecular weight is 430 g/mol. The standard InChI is InChI=1S/C23H18ClF2NO3/c1-23(12-6-4-3-5-7-12)11-14-17(30-23)10-15(25)20(24)18(14)19-13(22(27)28)8-9-16(29-2)21(19)26/h3-10H,11H2,1-2H3,(H2,27,28)/t23-/m0/s1. The number of hydrogen-bond donors (Lipinski definition) is 1. The fourth-order valence-electron chi connectivity index (χ4n) is 3.90. The number of methoxy groups -OCH3 is 1. The average Bonchev–Trinajstić information content (AvgIpc) is 3.07. The Morgan fingerprint density at radius 2 is 1.87 bits per heavy atom. The van der Waals surface area contributed by atoms with Gasteiger partial charge in [-0.1, -0.05) is 41.9 Å². The largest absolute Gasteiger partial charge is 0.494 e. The van der Waals surface area contributed by atoms with E-state index in [1.807, 2.05) is 37.3 Å². The lowest BCUT2D eigenvalue weighted by molar-refractivity contribution is 0.100. The highest BCUT2D eigenvalue weighted by atomic mass is 35.5. The maximum absolute atomic E-state index is 15.3. The zero-order chi connectivity index (χ0) is 21.6. The van der Waals surface area contributed by atoms with Crippen molar-refractivity contribution >= 4 is 17.5 Å². The molecule has 1 aliphatic heterocycles. The van der Waals surface area contributed by atoms with Gasteiger partial charge in [-0.05, 0) is 24.6 Å². The summed E-state index contributed by atoms with van der Waals surface area (Å²) in [6, 6.07) is 13.2. The van der Waals surface area contributed by atoms with Crippen molar-refractivity contribution < 1.29 is 23.0 Å². The van der Waals surface area contributed by atoms with Gasteiger partial charge in [0.05, 0.1) is 17.7 Å². The molecule has 0 aliphatic carbocycles. The predicted octanol–water partition coefficient (Wildman–Crippen LogP) is 5.24. The number of carbonyl (C=O) groups is 1. The summed E-state index contributed by atoms with van der Waals surface area (Å²) in [5.41, 5.74) is 5.71.